The average Bonchev–Trinajstić information content (AvgIpc) is 2.74. The lowest BCUT2D eigenvalue weighted by Crippen LogP contribution is -2.14. The Hall–Kier alpha value is -3.42. The van der Waals surface area contributed by atoms with Crippen LogP contribution in [0.4, 0.5) is 11.4 Å². The number of halogens is 1. The van der Waals surface area contributed by atoms with E-state index >= 15 is 0 Å². The Bertz CT molecular complexity index is 1430. The summed E-state index contributed by atoms with van der Waals surface area (Å²) in [6.45, 7) is 0. The number of anilines is 2. The number of amides is 1. The van der Waals surface area contributed by atoms with Gasteiger partial charge >= 0.3 is 0 Å². The van der Waals surface area contributed by atoms with Gasteiger partial charge in [-0.15, -0.1) is 0 Å². The normalized spacial score (nSPS) is 11.4. The van der Waals surface area contributed by atoms with Gasteiger partial charge in [0.15, 0.2) is 9.84 Å². The number of pyridine rings is 1. The second kappa shape index (κ2) is 8.02. The predicted octanol–water partition coefficient (Wildman–Crippen LogP) is 4.79. The number of rotatable bonds is 4. The fraction of sp³-hybridized carbons (Fsp3) is 0.0435. The summed E-state index contributed by atoms with van der Waals surface area (Å²) in [7, 11) is -3.42. The molecule has 4 aromatic rings. The van der Waals surface area contributed by atoms with E-state index < -0.39 is 15.7 Å². The van der Waals surface area contributed by atoms with Gasteiger partial charge in [-0.2, -0.15) is 0 Å². The summed E-state index contributed by atoms with van der Waals surface area (Å²) in [6.07, 6.45) is 2.79. The molecule has 6 nitrogen and oxygen atoms in total. The van der Waals surface area contributed by atoms with Gasteiger partial charge in [-0.3, -0.25) is 9.78 Å². The van der Waals surface area contributed by atoms with Crippen molar-refractivity contribution in [1.29, 1.82) is 0 Å². The van der Waals surface area contributed by atoms with E-state index in [9.17, 15) is 13.2 Å². The van der Waals surface area contributed by atoms with E-state index in [0.717, 1.165) is 17.0 Å². The summed E-state index contributed by atoms with van der Waals surface area (Å²) < 4.78 is 23.4. The average molecular weight is 452 g/mol. The molecule has 0 saturated carbocycles. The lowest BCUT2D eigenvalue weighted by molar-refractivity contribution is 0.102. The van der Waals surface area contributed by atoms with Gasteiger partial charge < -0.3 is 11.1 Å². The number of nitrogens with one attached hydrogen (secondary N) is 1. The van der Waals surface area contributed by atoms with E-state index in [4.69, 9.17) is 17.3 Å². The highest BCUT2D eigenvalue weighted by atomic mass is 35.5. The molecule has 31 heavy (non-hydrogen) atoms. The molecular weight excluding hydrogens is 434 g/mol. The van der Waals surface area contributed by atoms with Crippen LogP contribution in [0.5, 0.6) is 0 Å². The number of hydrogen-bond acceptors (Lipinski definition) is 5. The van der Waals surface area contributed by atoms with Crippen molar-refractivity contribution in [3.63, 3.8) is 0 Å². The largest absolute Gasteiger partial charge is 0.398 e. The second-order valence-electron chi connectivity index (χ2n) is 7.05. The molecule has 0 saturated heterocycles. The number of hydrogen-bond donors (Lipinski definition) is 2. The molecule has 0 fully saturated rings. The molecule has 3 aromatic carbocycles. The summed E-state index contributed by atoms with van der Waals surface area (Å²) in [4.78, 5) is 17.3. The number of aromatic nitrogens is 1. The van der Waals surface area contributed by atoms with Crippen LogP contribution in [0.25, 0.3) is 22.0 Å². The highest BCUT2D eigenvalue weighted by Crippen LogP contribution is 2.34. The molecule has 0 atom stereocenters. The standard InChI is InChI=1S/C23H18ClN3O3S/c1-31(29,30)16-7-8-18(21(25)13-16)23(28)27-15-6-9-20(24)19(12-15)22-17-5-3-2-4-14(17)10-11-26-22/h2-13H,25H2,1H3,(H,27,28). The molecule has 0 spiro atoms. The second-order valence-corrected chi connectivity index (χ2v) is 9.47. The van der Waals surface area contributed by atoms with Crippen LogP contribution in [-0.2, 0) is 9.84 Å². The molecule has 0 radical (unpaired) electrons. The summed E-state index contributed by atoms with van der Waals surface area (Å²) in [5.41, 5.74) is 8.06. The summed E-state index contributed by atoms with van der Waals surface area (Å²) in [5, 5.41) is 5.25. The van der Waals surface area contributed by atoms with Crippen molar-refractivity contribution in [1.82, 2.24) is 4.98 Å². The third kappa shape index (κ3) is 4.23. The third-order valence-corrected chi connectivity index (χ3v) is 6.29. The van der Waals surface area contributed by atoms with Gasteiger partial charge in [0.25, 0.3) is 5.91 Å². The van der Waals surface area contributed by atoms with Crippen LogP contribution in [0.15, 0.2) is 77.8 Å². The number of carbonyl (C=O) groups is 1. The molecule has 1 heterocycles. The van der Waals surface area contributed by atoms with E-state index in [1.54, 1.807) is 24.4 Å². The monoisotopic (exact) mass is 451 g/mol. The zero-order valence-electron chi connectivity index (χ0n) is 16.5. The molecular formula is C23H18ClN3O3S. The van der Waals surface area contributed by atoms with Crippen LogP contribution in [0.1, 0.15) is 10.4 Å². The van der Waals surface area contributed by atoms with Crippen LogP contribution in [0, 0.1) is 0 Å². The molecule has 0 aliphatic heterocycles. The molecule has 0 aliphatic rings. The van der Waals surface area contributed by atoms with Gasteiger partial charge in [0.05, 0.1) is 21.2 Å². The highest BCUT2D eigenvalue weighted by Gasteiger charge is 2.16. The highest BCUT2D eigenvalue weighted by molar-refractivity contribution is 7.90. The third-order valence-electron chi connectivity index (χ3n) is 4.85. The van der Waals surface area contributed by atoms with Crippen molar-refractivity contribution in [2.75, 3.05) is 17.3 Å². The molecule has 8 heteroatoms. The molecule has 156 valence electrons. The van der Waals surface area contributed by atoms with Crippen LogP contribution in [0.3, 0.4) is 0 Å². The van der Waals surface area contributed by atoms with E-state index in [-0.39, 0.29) is 16.1 Å². The van der Waals surface area contributed by atoms with Gasteiger partial charge in [0, 0.05) is 34.8 Å². The first kappa shape index (κ1) is 20.8. The smallest absolute Gasteiger partial charge is 0.257 e. The maximum atomic E-state index is 12.8. The minimum Gasteiger partial charge on any atom is -0.398 e. The Morgan fingerprint density at radius 3 is 2.55 bits per heavy atom. The zero-order chi connectivity index (χ0) is 22.2. The quantitative estimate of drug-likeness (QED) is 0.434. The first-order valence-corrected chi connectivity index (χ1v) is 11.6. The molecule has 1 amide bonds. The lowest BCUT2D eigenvalue weighted by atomic mass is 10.0. The van der Waals surface area contributed by atoms with E-state index in [0.29, 0.717) is 22.0 Å². The molecule has 1 aromatic heterocycles. The number of carbonyl (C=O) groups excluding carboxylic acids is 1. The van der Waals surface area contributed by atoms with E-state index in [1.807, 2.05) is 30.3 Å². The van der Waals surface area contributed by atoms with Gasteiger partial charge in [0.1, 0.15) is 0 Å². The minimum absolute atomic E-state index is 0.0531. The van der Waals surface area contributed by atoms with E-state index in [1.165, 1.54) is 18.2 Å². The summed E-state index contributed by atoms with van der Waals surface area (Å²) in [5.74, 6) is -0.461. The fourth-order valence-corrected chi connectivity index (χ4v) is 4.16. The first-order chi connectivity index (χ1) is 14.7. The van der Waals surface area contributed by atoms with Gasteiger partial charge in [-0.25, -0.2) is 8.42 Å². The molecule has 3 N–H and O–H groups in total. The minimum atomic E-state index is -3.42. The van der Waals surface area contributed by atoms with Crippen LogP contribution in [-0.4, -0.2) is 25.6 Å². The predicted molar refractivity (Wildman–Crippen MR) is 124 cm³/mol. The number of fused-ring (bicyclic) bond motifs is 1. The molecule has 0 unspecified atom stereocenters. The molecule has 4 rings (SSSR count). The summed E-state index contributed by atoms with van der Waals surface area (Å²) >= 11 is 6.44. The van der Waals surface area contributed by atoms with Crippen molar-refractivity contribution in [3.8, 4) is 11.3 Å². The Balaban J connectivity index is 1.69. The van der Waals surface area contributed by atoms with Gasteiger partial charge in [0.2, 0.25) is 0 Å². The van der Waals surface area contributed by atoms with Crippen molar-refractivity contribution < 1.29 is 13.2 Å². The van der Waals surface area contributed by atoms with E-state index in [2.05, 4.69) is 10.3 Å². The van der Waals surface area contributed by atoms with Crippen molar-refractivity contribution in [2.45, 2.75) is 4.90 Å². The SMILES string of the molecule is CS(=O)(=O)c1ccc(C(=O)Nc2ccc(Cl)c(-c3nccc4ccccc34)c2)c(N)c1. The van der Waals surface area contributed by atoms with Crippen molar-refractivity contribution in [3.05, 3.63) is 83.5 Å². The van der Waals surface area contributed by atoms with Crippen molar-refractivity contribution >= 4 is 49.5 Å². The van der Waals surface area contributed by atoms with Crippen LogP contribution in [0.2, 0.25) is 5.02 Å². The van der Waals surface area contributed by atoms with Gasteiger partial charge in [-0.1, -0.05) is 35.9 Å². The Kier molecular flexibility index (Phi) is 5.39. The molecule has 0 bridgehead atoms. The number of sulfone groups is 1. The fourth-order valence-electron chi connectivity index (χ4n) is 3.30. The summed E-state index contributed by atoms with van der Waals surface area (Å²) in [6, 6.07) is 18.9. The van der Waals surface area contributed by atoms with Crippen LogP contribution >= 0.6 is 11.6 Å². The molecule has 0 aliphatic carbocycles. The zero-order valence-corrected chi connectivity index (χ0v) is 18.0. The topological polar surface area (TPSA) is 102 Å². The Morgan fingerprint density at radius 1 is 1.03 bits per heavy atom. The maximum Gasteiger partial charge on any atom is 0.257 e. The Labute approximate surface area is 184 Å². The van der Waals surface area contributed by atoms with Gasteiger partial charge in [-0.05, 0) is 47.9 Å². The number of nitrogen functional groups attached to an aromatic ring is 1. The number of nitrogens with zero attached hydrogens (tertiary/aromatic N) is 1. The van der Waals surface area contributed by atoms with Crippen LogP contribution < -0.4 is 11.1 Å². The number of benzene rings is 3. The lowest BCUT2D eigenvalue weighted by Gasteiger charge is -2.12. The number of nitrogens with two attached hydrogens (primary N) is 1. The van der Waals surface area contributed by atoms with Crippen molar-refractivity contribution in [2.24, 2.45) is 0 Å². The first-order valence-electron chi connectivity index (χ1n) is 9.28. The maximum absolute atomic E-state index is 12.8. The Morgan fingerprint density at radius 2 is 1.81 bits per heavy atom.